The van der Waals surface area contributed by atoms with E-state index in [4.69, 9.17) is 11.6 Å². The minimum Gasteiger partial charge on any atom is -0.118 e. The van der Waals surface area contributed by atoms with Crippen LogP contribution in [0, 0.1) is 5.92 Å². The predicted molar refractivity (Wildman–Crippen MR) is 78.3 cm³/mol. The van der Waals surface area contributed by atoms with Crippen LogP contribution in [0.5, 0.6) is 0 Å². The zero-order valence-electron chi connectivity index (χ0n) is 11.1. The van der Waals surface area contributed by atoms with Crippen molar-refractivity contribution >= 4 is 11.6 Å². The molecule has 2 aliphatic rings. The number of halogens is 1. The van der Waals surface area contributed by atoms with E-state index in [2.05, 4.69) is 18.2 Å². The Hall–Kier alpha value is -0.490. The standard InChI is InChI=1S/C17H23Cl/c18-17(11-13-5-1-2-6-13)16-10-9-14-7-3-4-8-15(14)12-16/h9-10,12-13,17H,1-8,11H2. The molecule has 1 fully saturated rings. The highest BCUT2D eigenvalue weighted by molar-refractivity contribution is 6.20. The van der Waals surface area contributed by atoms with E-state index in [9.17, 15) is 0 Å². The fourth-order valence-electron chi connectivity index (χ4n) is 3.62. The van der Waals surface area contributed by atoms with Crippen molar-refractivity contribution in [3.05, 3.63) is 34.9 Å². The molecule has 0 saturated heterocycles. The number of rotatable bonds is 3. The van der Waals surface area contributed by atoms with Crippen molar-refractivity contribution < 1.29 is 0 Å². The van der Waals surface area contributed by atoms with Crippen molar-refractivity contribution in [2.75, 3.05) is 0 Å². The van der Waals surface area contributed by atoms with Crippen LogP contribution in [-0.4, -0.2) is 0 Å². The molecule has 1 heteroatoms. The van der Waals surface area contributed by atoms with E-state index in [1.54, 1.807) is 11.1 Å². The van der Waals surface area contributed by atoms with Gasteiger partial charge in [-0.25, -0.2) is 0 Å². The molecule has 1 atom stereocenters. The fraction of sp³-hybridized carbons (Fsp3) is 0.647. The predicted octanol–water partition coefficient (Wildman–Crippen LogP) is 5.43. The molecule has 0 amide bonds. The average molecular weight is 263 g/mol. The largest absolute Gasteiger partial charge is 0.118 e. The van der Waals surface area contributed by atoms with Crippen molar-refractivity contribution in [1.82, 2.24) is 0 Å². The molecule has 0 aliphatic heterocycles. The molecule has 98 valence electrons. The molecule has 0 spiro atoms. The van der Waals surface area contributed by atoms with Gasteiger partial charge in [0.1, 0.15) is 0 Å². The summed E-state index contributed by atoms with van der Waals surface area (Å²) in [6.45, 7) is 0. The lowest BCUT2D eigenvalue weighted by Crippen LogP contribution is -2.05. The van der Waals surface area contributed by atoms with E-state index in [1.807, 2.05) is 0 Å². The SMILES string of the molecule is ClC(CC1CCCC1)c1ccc2c(c1)CCCC2. The minimum absolute atomic E-state index is 0.236. The van der Waals surface area contributed by atoms with Gasteiger partial charge in [0.15, 0.2) is 0 Å². The number of hydrogen-bond donors (Lipinski definition) is 0. The third-order valence-corrected chi connectivity index (χ3v) is 5.18. The molecule has 3 rings (SSSR count). The smallest absolute Gasteiger partial charge is 0.0588 e. The molecular weight excluding hydrogens is 240 g/mol. The van der Waals surface area contributed by atoms with Crippen LogP contribution in [0.1, 0.15) is 67.0 Å². The summed E-state index contributed by atoms with van der Waals surface area (Å²) >= 11 is 6.63. The molecule has 2 aliphatic carbocycles. The van der Waals surface area contributed by atoms with Crippen LogP contribution >= 0.6 is 11.6 Å². The first-order chi connectivity index (χ1) is 8.83. The lowest BCUT2D eigenvalue weighted by Gasteiger charge is -2.20. The molecule has 0 aromatic heterocycles. The number of benzene rings is 1. The van der Waals surface area contributed by atoms with Crippen LogP contribution in [0.3, 0.4) is 0 Å². The van der Waals surface area contributed by atoms with E-state index in [-0.39, 0.29) is 5.38 Å². The second-order valence-electron chi connectivity index (χ2n) is 6.09. The van der Waals surface area contributed by atoms with Gasteiger partial charge in [-0.2, -0.15) is 0 Å². The first-order valence-electron chi connectivity index (χ1n) is 7.59. The molecular formula is C17H23Cl. The Morgan fingerprint density at radius 2 is 1.72 bits per heavy atom. The summed E-state index contributed by atoms with van der Waals surface area (Å²) in [5, 5.41) is 0.236. The van der Waals surface area contributed by atoms with Crippen LogP contribution in [-0.2, 0) is 12.8 Å². The first-order valence-corrected chi connectivity index (χ1v) is 8.02. The molecule has 0 radical (unpaired) electrons. The Morgan fingerprint density at radius 3 is 2.50 bits per heavy atom. The number of hydrogen-bond acceptors (Lipinski definition) is 0. The van der Waals surface area contributed by atoms with E-state index >= 15 is 0 Å². The molecule has 0 nitrogen and oxygen atoms in total. The number of alkyl halides is 1. The highest BCUT2D eigenvalue weighted by Gasteiger charge is 2.20. The van der Waals surface area contributed by atoms with Crippen molar-refractivity contribution in [2.24, 2.45) is 5.92 Å². The molecule has 1 saturated carbocycles. The first kappa shape index (κ1) is 12.5. The van der Waals surface area contributed by atoms with Gasteiger partial charge < -0.3 is 0 Å². The summed E-state index contributed by atoms with van der Waals surface area (Å²) in [5.74, 6) is 0.878. The average Bonchev–Trinajstić information content (AvgIpc) is 2.91. The molecule has 0 N–H and O–H groups in total. The lowest BCUT2D eigenvalue weighted by atomic mass is 9.88. The van der Waals surface area contributed by atoms with Crippen LogP contribution in [0.4, 0.5) is 0 Å². The normalized spacial score (nSPS) is 21.8. The van der Waals surface area contributed by atoms with Gasteiger partial charge in [0, 0.05) is 0 Å². The second kappa shape index (κ2) is 5.65. The van der Waals surface area contributed by atoms with Crippen molar-refractivity contribution in [1.29, 1.82) is 0 Å². The van der Waals surface area contributed by atoms with Gasteiger partial charge in [0.2, 0.25) is 0 Å². The zero-order valence-corrected chi connectivity index (χ0v) is 11.9. The summed E-state index contributed by atoms with van der Waals surface area (Å²) in [4.78, 5) is 0. The molecule has 1 unspecified atom stereocenters. The molecule has 1 aromatic rings. The van der Waals surface area contributed by atoms with Crippen molar-refractivity contribution in [2.45, 2.75) is 63.2 Å². The van der Waals surface area contributed by atoms with Gasteiger partial charge >= 0.3 is 0 Å². The van der Waals surface area contributed by atoms with E-state index in [0.29, 0.717) is 0 Å². The third-order valence-electron chi connectivity index (χ3n) is 4.75. The Morgan fingerprint density at radius 1 is 1.00 bits per heavy atom. The number of fused-ring (bicyclic) bond motifs is 1. The highest BCUT2D eigenvalue weighted by Crippen LogP contribution is 2.37. The van der Waals surface area contributed by atoms with Gasteiger partial charge in [-0.1, -0.05) is 43.9 Å². The molecule has 18 heavy (non-hydrogen) atoms. The Balaban J connectivity index is 1.70. The van der Waals surface area contributed by atoms with Gasteiger partial charge in [-0.05, 0) is 54.7 Å². The summed E-state index contributed by atoms with van der Waals surface area (Å²) in [6, 6.07) is 6.99. The summed E-state index contributed by atoms with van der Waals surface area (Å²) < 4.78 is 0. The van der Waals surface area contributed by atoms with Crippen LogP contribution < -0.4 is 0 Å². The monoisotopic (exact) mass is 262 g/mol. The maximum absolute atomic E-state index is 6.63. The highest BCUT2D eigenvalue weighted by atomic mass is 35.5. The molecule has 0 bridgehead atoms. The van der Waals surface area contributed by atoms with E-state index in [1.165, 1.54) is 63.4 Å². The number of aryl methyl sites for hydroxylation is 2. The van der Waals surface area contributed by atoms with Crippen molar-refractivity contribution in [3.63, 3.8) is 0 Å². The van der Waals surface area contributed by atoms with Gasteiger partial charge in [-0.15, -0.1) is 11.6 Å². The van der Waals surface area contributed by atoms with Crippen LogP contribution in [0.15, 0.2) is 18.2 Å². The van der Waals surface area contributed by atoms with Gasteiger partial charge in [0.05, 0.1) is 5.38 Å². The van der Waals surface area contributed by atoms with E-state index < -0.39 is 0 Å². The van der Waals surface area contributed by atoms with Gasteiger partial charge in [-0.3, -0.25) is 0 Å². The Labute approximate surface area is 116 Å². The van der Waals surface area contributed by atoms with Crippen LogP contribution in [0.25, 0.3) is 0 Å². The van der Waals surface area contributed by atoms with Crippen LogP contribution in [0.2, 0.25) is 0 Å². The van der Waals surface area contributed by atoms with Gasteiger partial charge in [0.25, 0.3) is 0 Å². The van der Waals surface area contributed by atoms with Crippen molar-refractivity contribution in [3.8, 4) is 0 Å². The quantitative estimate of drug-likeness (QED) is 0.638. The topological polar surface area (TPSA) is 0 Å². The Kier molecular flexibility index (Phi) is 3.94. The Bertz CT molecular complexity index is 404. The summed E-state index contributed by atoms with van der Waals surface area (Å²) in [5.41, 5.74) is 4.50. The molecule has 0 heterocycles. The minimum atomic E-state index is 0.236. The molecule has 1 aromatic carbocycles. The van der Waals surface area contributed by atoms with E-state index in [0.717, 1.165) is 5.92 Å². The summed E-state index contributed by atoms with van der Waals surface area (Å²) in [7, 11) is 0. The summed E-state index contributed by atoms with van der Waals surface area (Å²) in [6.07, 6.45) is 12.0. The second-order valence-corrected chi connectivity index (χ2v) is 6.62. The lowest BCUT2D eigenvalue weighted by molar-refractivity contribution is 0.495. The maximum Gasteiger partial charge on any atom is 0.0588 e. The maximum atomic E-state index is 6.63. The zero-order chi connectivity index (χ0) is 12.4. The third kappa shape index (κ3) is 2.74. The fourth-order valence-corrected chi connectivity index (χ4v) is 4.01.